The number of rotatable bonds is 8. The second-order valence-corrected chi connectivity index (χ2v) is 8.79. The summed E-state index contributed by atoms with van der Waals surface area (Å²) < 4.78 is 6.78. The molecule has 1 aliphatic heterocycles. The Morgan fingerprint density at radius 2 is 1.83 bits per heavy atom. The van der Waals surface area contributed by atoms with Gasteiger partial charge in [-0.15, -0.1) is 0 Å². The molecule has 1 aliphatic rings. The molecule has 0 radical (unpaired) electrons. The first-order valence-corrected chi connectivity index (χ1v) is 11.4. The lowest BCUT2D eigenvalue weighted by atomic mass is 10.0. The first-order chi connectivity index (χ1) is 14.0. The van der Waals surface area contributed by atoms with E-state index in [1.54, 1.807) is 0 Å². The van der Waals surface area contributed by atoms with E-state index in [0.29, 0.717) is 25.4 Å². The van der Waals surface area contributed by atoms with Crippen LogP contribution in [0, 0.1) is 0 Å². The summed E-state index contributed by atoms with van der Waals surface area (Å²) in [7, 11) is 0. The molecule has 1 fully saturated rings. The second-order valence-electron chi connectivity index (χ2n) is 7.94. The minimum Gasteiger partial charge on any atom is -0.492 e. The van der Waals surface area contributed by atoms with Crippen molar-refractivity contribution in [2.75, 3.05) is 29.9 Å². The van der Waals surface area contributed by atoms with Crippen LogP contribution in [0.1, 0.15) is 57.4 Å². The third-order valence-electron chi connectivity index (χ3n) is 5.30. The third kappa shape index (κ3) is 6.49. The molecule has 0 aromatic heterocycles. The van der Waals surface area contributed by atoms with E-state index in [9.17, 15) is 4.79 Å². The molecule has 4 nitrogen and oxygen atoms in total. The lowest BCUT2D eigenvalue weighted by molar-refractivity contribution is -0.116. The van der Waals surface area contributed by atoms with Crippen LogP contribution < -0.4 is 15.0 Å². The Hall–Kier alpha value is -2.01. The molecule has 3 rings (SSSR count). The zero-order chi connectivity index (χ0) is 20.6. The number of hydrogen-bond donors (Lipinski definition) is 1. The van der Waals surface area contributed by atoms with E-state index in [4.69, 9.17) is 4.74 Å². The van der Waals surface area contributed by atoms with Gasteiger partial charge in [0.15, 0.2) is 0 Å². The van der Waals surface area contributed by atoms with Crippen molar-refractivity contribution in [2.24, 2.45) is 0 Å². The van der Waals surface area contributed by atoms with Crippen LogP contribution in [0.5, 0.6) is 5.75 Å². The van der Waals surface area contributed by atoms with Gasteiger partial charge in [-0.1, -0.05) is 19.9 Å². The number of nitrogens with zero attached hydrogens (tertiary/aromatic N) is 1. The molecule has 0 aliphatic carbocycles. The number of nitrogens with one attached hydrogen (secondary N) is 1. The average Bonchev–Trinajstić information content (AvgIpc) is 2.73. The van der Waals surface area contributed by atoms with E-state index in [1.165, 1.54) is 30.5 Å². The fourth-order valence-corrected chi connectivity index (χ4v) is 4.05. The first kappa shape index (κ1) is 21.7. The molecule has 1 amide bonds. The SMILES string of the molecule is CC(C)c1ccc(OCCCC(=O)Nc2ccc(N3CCCCC3)cc2)c(Br)c1. The highest BCUT2D eigenvalue weighted by atomic mass is 79.9. The maximum Gasteiger partial charge on any atom is 0.224 e. The van der Waals surface area contributed by atoms with Crippen LogP contribution in [-0.2, 0) is 4.79 Å². The van der Waals surface area contributed by atoms with Gasteiger partial charge >= 0.3 is 0 Å². The van der Waals surface area contributed by atoms with Crippen LogP contribution in [0.25, 0.3) is 0 Å². The Morgan fingerprint density at radius 3 is 2.48 bits per heavy atom. The van der Waals surface area contributed by atoms with Crippen molar-refractivity contribution in [3.05, 3.63) is 52.5 Å². The van der Waals surface area contributed by atoms with Crippen molar-refractivity contribution in [3.8, 4) is 5.75 Å². The lowest BCUT2D eigenvalue weighted by Gasteiger charge is -2.28. The number of anilines is 2. The number of ether oxygens (including phenoxy) is 1. The summed E-state index contributed by atoms with van der Waals surface area (Å²) in [5.74, 6) is 1.33. The standard InChI is InChI=1S/C24H31BrN2O2/c1-18(2)19-8-13-23(22(25)17-19)29-16-6-7-24(28)26-20-9-11-21(12-10-20)27-14-4-3-5-15-27/h8-13,17-18H,3-7,14-16H2,1-2H3,(H,26,28). The number of hydrogen-bond acceptors (Lipinski definition) is 3. The van der Waals surface area contributed by atoms with Crippen LogP contribution in [0.15, 0.2) is 46.9 Å². The molecule has 1 heterocycles. The zero-order valence-corrected chi connectivity index (χ0v) is 19.0. The van der Waals surface area contributed by atoms with E-state index < -0.39 is 0 Å². The number of amides is 1. The predicted molar refractivity (Wildman–Crippen MR) is 124 cm³/mol. The van der Waals surface area contributed by atoms with Gasteiger partial charge in [0.05, 0.1) is 11.1 Å². The summed E-state index contributed by atoms with van der Waals surface area (Å²) in [6.07, 6.45) is 4.97. The molecular formula is C24H31BrN2O2. The largest absolute Gasteiger partial charge is 0.492 e. The van der Waals surface area contributed by atoms with E-state index in [2.05, 4.69) is 64.3 Å². The smallest absolute Gasteiger partial charge is 0.224 e. The van der Waals surface area contributed by atoms with Crippen LogP contribution in [0.2, 0.25) is 0 Å². The molecule has 0 spiro atoms. The van der Waals surface area contributed by atoms with Crippen molar-refractivity contribution in [3.63, 3.8) is 0 Å². The molecule has 5 heteroatoms. The quantitative estimate of drug-likeness (QED) is 0.467. The van der Waals surface area contributed by atoms with E-state index in [1.807, 2.05) is 18.2 Å². The molecule has 2 aromatic rings. The van der Waals surface area contributed by atoms with Crippen molar-refractivity contribution in [1.82, 2.24) is 0 Å². The van der Waals surface area contributed by atoms with Crippen molar-refractivity contribution in [2.45, 2.75) is 51.9 Å². The van der Waals surface area contributed by atoms with Crippen LogP contribution >= 0.6 is 15.9 Å². The monoisotopic (exact) mass is 458 g/mol. The topological polar surface area (TPSA) is 41.6 Å². The molecular weight excluding hydrogens is 428 g/mol. The van der Waals surface area contributed by atoms with Crippen LogP contribution in [0.4, 0.5) is 11.4 Å². The number of benzene rings is 2. The Labute approximate surface area is 182 Å². The molecule has 156 valence electrons. The van der Waals surface area contributed by atoms with Crippen LogP contribution in [-0.4, -0.2) is 25.6 Å². The molecule has 1 saturated heterocycles. The van der Waals surface area contributed by atoms with Gasteiger partial charge in [0.25, 0.3) is 0 Å². The molecule has 0 bridgehead atoms. The highest BCUT2D eigenvalue weighted by Gasteiger charge is 2.11. The van der Waals surface area contributed by atoms with E-state index >= 15 is 0 Å². The first-order valence-electron chi connectivity index (χ1n) is 10.6. The summed E-state index contributed by atoms with van der Waals surface area (Å²) in [4.78, 5) is 14.6. The molecule has 0 saturated carbocycles. The maximum absolute atomic E-state index is 12.2. The number of piperidine rings is 1. The fourth-order valence-electron chi connectivity index (χ4n) is 3.54. The number of halogens is 1. The van der Waals surface area contributed by atoms with Gasteiger partial charge in [-0.05, 0) is 89.5 Å². The molecule has 0 atom stereocenters. The number of carbonyl (C=O) groups is 1. The zero-order valence-electron chi connectivity index (χ0n) is 17.4. The third-order valence-corrected chi connectivity index (χ3v) is 5.92. The van der Waals surface area contributed by atoms with Crippen molar-refractivity contribution >= 4 is 33.2 Å². The summed E-state index contributed by atoms with van der Waals surface area (Å²) >= 11 is 3.57. The summed E-state index contributed by atoms with van der Waals surface area (Å²) in [5.41, 5.74) is 3.36. The molecule has 29 heavy (non-hydrogen) atoms. The maximum atomic E-state index is 12.2. The Balaban J connectivity index is 1.40. The summed E-state index contributed by atoms with van der Waals surface area (Å²) in [5, 5.41) is 2.98. The molecule has 2 aromatic carbocycles. The van der Waals surface area contributed by atoms with Crippen LogP contribution in [0.3, 0.4) is 0 Å². The highest BCUT2D eigenvalue weighted by Crippen LogP contribution is 2.29. The average molecular weight is 459 g/mol. The Kier molecular flexibility index (Phi) is 7.99. The Morgan fingerprint density at radius 1 is 1.10 bits per heavy atom. The summed E-state index contributed by atoms with van der Waals surface area (Å²) in [6.45, 7) is 7.11. The van der Waals surface area contributed by atoms with Gasteiger partial charge in [0, 0.05) is 30.9 Å². The Bertz CT molecular complexity index is 799. The van der Waals surface area contributed by atoms with E-state index in [0.717, 1.165) is 29.0 Å². The minimum absolute atomic E-state index is 0.0218. The fraction of sp³-hybridized carbons (Fsp3) is 0.458. The van der Waals surface area contributed by atoms with Crippen molar-refractivity contribution in [1.29, 1.82) is 0 Å². The van der Waals surface area contributed by atoms with Gasteiger partial charge < -0.3 is 15.0 Å². The van der Waals surface area contributed by atoms with E-state index in [-0.39, 0.29) is 5.91 Å². The van der Waals surface area contributed by atoms with Gasteiger partial charge in [0.2, 0.25) is 5.91 Å². The minimum atomic E-state index is 0.0218. The highest BCUT2D eigenvalue weighted by molar-refractivity contribution is 9.10. The van der Waals surface area contributed by atoms with Gasteiger partial charge in [0.1, 0.15) is 5.75 Å². The summed E-state index contributed by atoms with van der Waals surface area (Å²) in [6, 6.07) is 14.4. The predicted octanol–water partition coefficient (Wildman–Crippen LogP) is 6.36. The molecule has 0 unspecified atom stereocenters. The van der Waals surface area contributed by atoms with Gasteiger partial charge in [-0.2, -0.15) is 0 Å². The molecule has 1 N–H and O–H groups in total. The second kappa shape index (κ2) is 10.7. The van der Waals surface area contributed by atoms with Gasteiger partial charge in [-0.3, -0.25) is 4.79 Å². The normalized spacial score (nSPS) is 14.1. The van der Waals surface area contributed by atoms with Crippen molar-refractivity contribution < 1.29 is 9.53 Å². The van der Waals surface area contributed by atoms with Gasteiger partial charge in [-0.25, -0.2) is 0 Å². The lowest BCUT2D eigenvalue weighted by Crippen LogP contribution is -2.29. The number of carbonyl (C=O) groups excluding carboxylic acids is 1.